The fourth-order valence-electron chi connectivity index (χ4n) is 3.03. The molecule has 0 saturated heterocycles. The maximum atomic E-state index is 13.4. The molecule has 0 unspecified atom stereocenters. The summed E-state index contributed by atoms with van der Waals surface area (Å²) < 4.78 is 6.93. The van der Waals surface area contributed by atoms with Crippen molar-refractivity contribution in [2.24, 2.45) is 0 Å². The molecule has 0 spiro atoms. The van der Waals surface area contributed by atoms with E-state index >= 15 is 0 Å². The molecule has 0 atom stereocenters. The number of nitrogens with zero attached hydrogens (tertiary/aromatic N) is 3. The summed E-state index contributed by atoms with van der Waals surface area (Å²) >= 11 is 9.10. The lowest BCUT2D eigenvalue weighted by atomic mass is 10.2. The zero-order valence-corrected chi connectivity index (χ0v) is 18.3. The highest BCUT2D eigenvalue weighted by Gasteiger charge is 2.19. The Bertz CT molecular complexity index is 1220. The first-order valence-corrected chi connectivity index (χ1v) is 10.9. The number of hydrogen-bond donors (Lipinski definition) is 0. The Morgan fingerprint density at radius 2 is 1.89 bits per heavy atom. The zero-order valence-electron chi connectivity index (χ0n) is 15.9. The third-order valence-corrected chi connectivity index (χ3v) is 7.10. The topological polar surface area (TPSA) is 60.9 Å². The van der Waals surface area contributed by atoms with E-state index in [0.717, 1.165) is 38.0 Å². The van der Waals surface area contributed by atoms with Crippen molar-refractivity contribution in [2.45, 2.75) is 38.6 Å². The van der Waals surface area contributed by atoms with Crippen LogP contribution < -0.4 is 5.56 Å². The van der Waals surface area contributed by atoms with Gasteiger partial charge in [-0.1, -0.05) is 28.5 Å². The molecule has 3 heterocycles. The molecule has 0 aliphatic carbocycles. The Balaban J connectivity index is 1.89. The van der Waals surface area contributed by atoms with Gasteiger partial charge in [0.15, 0.2) is 5.16 Å². The number of aryl methyl sites for hydroxylation is 4. The number of halogens is 1. The molecule has 0 radical (unpaired) electrons. The van der Waals surface area contributed by atoms with Gasteiger partial charge < -0.3 is 4.52 Å². The van der Waals surface area contributed by atoms with Gasteiger partial charge in [-0.25, -0.2) is 4.98 Å². The summed E-state index contributed by atoms with van der Waals surface area (Å²) in [7, 11) is 0. The molecule has 0 amide bonds. The van der Waals surface area contributed by atoms with Crippen LogP contribution in [0.4, 0.5) is 0 Å². The minimum absolute atomic E-state index is 0.0598. The van der Waals surface area contributed by atoms with Gasteiger partial charge in [0.2, 0.25) is 0 Å². The van der Waals surface area contributed by atoms with Crippen LogP contribution in [0.1, 0.15) is 27.5 Å². The maximum absolute atomic E-state index is 13.4. The second kappa shape index (κ2) is 7.39. The number of fused-ring (bicyclic) bond motifs is 1. The van der Waals surface area contributed by atoms with E-state index in [1.165, 1.54) is 11.8 Å². The van der Waals surface area contributed by atoms with Crippen molar-refractivity contribution in [1.29, 1.82) is 0 Å². The minimum atomic E-state index is -0.0598. The first kappa shape index (κ1) is 19.2. The molecule has 0 fully saturated rings. The maximum Gasteiger partial charge on any atom is 0.267 e. The normalized spacial score (nSPS) is 11.5. The fraction of sp³-hybridized carbons (Fsp3) is 0.250. The van der Waals surface area contributed by atoms with Crippen molar-refractivity contribution in [2.75, 3.05) is 0 Å². The Labute approximate surface area is 175 Å². The van der Waals surface area contributed by atoms with Crippen LogP contribution in [0.5, 0.6) is 0 Å². The molecule has 0 bridgehead atoms. The molecular weight excluding hydrogens is 414 g/mol. The molecule has 4 aromatic rings. The monoisotopic (exact) mass is 431 g/mol. The lowest BCUT2D eigenvalue weighted by Crippen LogP contribution is -2.21. The van der Waals surface area contributed by atoms with Gasteiger partial charge in [-0.2, -0.15) is 0 Å². The van der Waals surface area contributed by atoms with Gasteiger partial charge in [0.25, 0.3) is 5.56 Å². The van der Waals surface area contributed by atoms with Crippen LogP contribution in [-0.2, 0) is 5.75 Å². The standard InChI is InChI=1S/C20H18ClN3O2S2/c1-10-13(4)28-18-17(10)19(25)24(15-7-5-14(21)6-8-15)20(22-18)27-9-16-11(2)23-26-12(16)3/h5-8H,9H2,1-4H3. The molecule has 1 aromatic carbocycles. The Morgan fingerprint density at radius 1 is 1.18 bits per heavy atom. The number of benzene rings is 1. The van der Waals surface area contributed by atoms with Gasteiger partial charge in [-0.3, -0.25) is 9.36 Å². The van der Waals surface area contributed by atoms with Crippen molar-refractivity contribution in [3.8, 4) is 5.69 Å². The largest absolute Gasteiger partial charge is 0.361 e. The lowest BCUT2D eigenvalue weighted by molar-refractivity contribution is 0.392. The van der Waals surface area contributed by atoms with Gasteiger partial charge >= 0.3 is 0 Å². The number of hydrogen-bond acceptors (Lipinski definition) is 6. The second-order valence-electron chi connectivity index (χ2n) is 6.57. The fourth-order valence-corrected chi connectivity index (χ4v) is 5.40. The number of aromatic nitrogens is 3. The smallest absolute Gasteiger partial charge is 0.267 e. The summed E-state index contributed by atoms with van der Waals surface area (Å²) in [6.07, 6.45) is 0. The molecule has 8 heteroatoms. The van der Waals surface area contributed by atoms with Crippen LogP contribution in [0.2, 0.25) is 5.02 Å². The number of thioether (sulfide) groups is 1. The highest BCUT2D eigenvalue weighted by Crippen LogP contribution is 2.31. The molecule has 5 nitrogen and oxygen atoms in total. The van der Waals surface area contributed by atoms with E-state index in [9.17, 15) is 4.79 Å². The summed E-state index contributed by atoms with van der Waals surface area (Å²) in [4.78, 5) is 20.1. The number of thiophene rings is 1. The Kier molecular flexibility index (Phi) is 5.07. The van der Waals surface area contributed by atoms with E-state index in [1.54, 1.807) is 28.0 Å². The number of rotatable bonds is 4. The van der Waals surface area contributed by atoms with Gasteiger partial charge in [0.05, 0.1) is 16.8 Å². The van der Waals surface area contributed by atoms with Crippen molar-refractivity contribution >= 4 is 44.9 Å². The average Bonchev–Trinajstić information content (AvgIpc) is 3.13. The molecular formula is C20H18ClN3O2S2. The third kappa shape index (κ3) is 3.27. The predicted molar refractivity (Wildman–Crippen MR) is 115 cm³/mol. The van der Waals surface area contributed by atoms with Crippen LogP contribution in [0.3, 0.4) is 0 Å². The summed E-state index contributed by atoms with van der Waals surface area (Å²) in [6.45, 7) is 7.80. The van der Waals surface area contributed by atoms with Crippen molar-refractivity contribution in [3.63, 3.8) is 0 Å². The van der Waals surface area contributed by atoms with Crippen LogP contribution in [0.15, 0.2) is 38.7 Å². The van der Waals surface area contributed by atoms with Crippen LogP contribution in [-0.4, -0.2) is 14.7 Å². The second-order valence-corrected chi connectivity index (χ2v) is 9.15. The van der Waals surface area contributed by atoms with Crippen LogP contribution >= 0.6 is 34.7 Å². The first-order valence-electron chi connectivity index (χ1n) is 8.70. The van der Waals surface area contributed by atoms with E-state index in [0.29, 0.717) is 21.3 Å². The predicted octanol–water partition coefficient (Wildman–Crippen LogP) is 5.61. The Hall–Kier alpha value is -2.09. The van der Waals surface area contributed by atoms with Gasteiger partial charge in [0, 0.05) is 21.2 Å². The quantitative estimate of drug-likeness (QED) is 0.310. The average molecular weight is 432 g/mol. The van der Waals surface area contributed by atoms with E-state index in [1.807, 2.05) is 39.8 Å². The molecule has 4 rings (SSSR count). The van der Waals surface area contributed by atoms with Gasteiger partial charge in [-0.05, 0) is 57.5 Å². The molecule has 144 valence electrons. The lowest BCUT2D eigenvalue weighted by Gasteiger charge is -2.12. The molecule has 0 N–H and O–H groups in total. The molecule has 28 heavy (non-hydrogen) atoms. The first-order chi connectivity index (χ1) is 13.4. The highest BCUT2D eigenvalue weighted by molar-refractivity contribution is 7.98. The van der Waals surface area contributed by atoms with E-state index in [4.69, 9.17) is 21.1 Å². The van der Waals surface area contributed by atoms with Crippen molar-refractivity contribution < 1.29 is 4.52 Å². The summed E-state index contributed by atoms with van der Waals surface area (Å²) in [6, 6.07) is 7.24. The minimum Gasteiger partial charge on any atom is -0.361 e. The van der Waals surface area contributed by atoms with Crippen LogP contribution in [0.25, 0.3) is 15.9 Å². The molecule has 0 aliphatic rings. The van der Waals surface area contributed by atoms with Gasteiger partial charge in [0.1, 0.15) is 10.6 Å². The molecule has 3 aromatic heterocycles. The Morgan fingerprint density at radius 3 is 2.54 bits per heavy atom. The van der Waals surface area contributed by atoms with Crippen LogP contribution in [0, 0.1) is 27.7 Å². The third-order valence-electron chi connectivity index (χ3n) is 4.78. The van der Waals surface area contributed by atoms with Gasteiger partial charge in [-0.15, -0.1) is 11.3 Å². The SMILES string of the molecule is Cc1noc(C)c1CSc1nc2sc(C)c(C)c2c(=O)n1-c1ccc(Cl)cc1. The van der Waals surface area contributed by atoms with E-state index in [-0.39, 0.29) is 5.56 Å². The highest BCUT2D eigenvalue weighted by atomic mass is 35.5. The van der Waals surface area contributed by atoms with Crippen molar-refractivity contribution in [3.05, 3.63) is 67.1 Å². The zero-order chi connectivity index (χ0) is 20.0. The molecule has 0 saturated carbocycles. The van der Waals surface area contributed by atoms with E-state index < -0.39 is 0 Å². The summed E-state index contributed by atoms with van der Waals surface area (Å²) in [5.74, 6) is 1.41. The summed E-state index contributed by atoms with van der Waals surface area (Å²) in [5, 5.41) is 5.95. The van der Waals surface area contributed by atoms with E-state index in [2.05, 4.69) is 5.16 Å². The molecule has 0 aliphatic heterocycles. The van der Waals surface area contributed by atoms with Crippen molar-refractivity contribution in [1.82, 2.24) is 14.7 Å². The summed E-state index contributed by atoms with van der Waals surface area (Å²) in [5.41, 5.74) is 3.56.